The molecule has 0 spiro atoms. The van der Waals surface area contributed by atoms with Crippen LogP contribution < -0.4 is 4.74 Å². The SMILES string of the molecule is C=[C]c1cc(Br)ccc1OC. The monoisotopic (exact) mass is 211 g/mol. The highest BCUT2D eigenvalue weighted by molar-refractivity contribution is 9.10. The Morgan fingerprint density at radius 3 is 2.82 bits per heavy atom. The molecule has 0 saturated carbocycles. The minimum absolute atomic E-state index is 0.795. The van der Waals surface area contributed by atoms with E-state index < -0.39 is 0 Å². The summed E-state index contributed by atoms with van der Waals surface area (Å²) in [5.74, 6) is 0.795. The van der Waals surface area contributed by atoms with Gasteiger partial charge in [-0.1, -0.05) is 22.5 Å². The average Bonchev–Trinajstić information content (AvgIpc) is 2.04. The molecule has 0 atom stereocenters. The van der Waals surface area contributed by atoms with Crippen LogP contribution in [0.4, 0.5) is 0 Å². The van der Waals surface area contributed by atoms with E-state index in [1.807, 2.05) is 18.2 Å². The van der Waals surface area contributed by atoms with Crippen LogP contribution in [0, 0.1) is 6.08 Å². The average molecular weight is 212 g/mol. The van der Waals surface area contributed by atoms with E-state index in [1.54, 1.807) is 7.11 Å². The molecule has 0 unspecified atom stereocenters. The number of halogens is 1. The number of methoxy groups -OCH3 is 1. The molecule has 2 heteroatoms. The topological polar surface area (TPSA) is 9.23 Å². The van der Waals surface area contributed by atoms with Crippen molar-refractivity contribution in [2.24, 2.45) is 0 Å². The van der Waals surface area contributed by atoms with E-state index in [9.17, 15) is 0 Å². The summed E-state index contributed by atoms with van der Waals surface area (Å²) in [6.45, 7) is 3.55. The van der Waals surface area contributed by atoms with Gasteiger partial charge in [0.05, 0.1) is 7.11 Å². The van der Waals surface area contributed by atoms with Gasteiger partial charge in [-0.05, 0) is 24.3 Å². The highest BCUT2D eigenvalue weighted by Gasteiger charge is 1.98. The maximum absolute atomic E-state index is 5.07. The van der Waals surface area contributed by atoms with E-state index in [2.05, 4.69) is 28.6 Å². The van der Waals surface area contributed by atoms with Crippen molar-refractivity contribution in [1.82, 2.24) is 0 Å². The Hall–Kier alpha value is -0.760. The van der Waals surface area contributed by atoms with E-state index in [1.165, 1.54) is 0 Å². The molecule has 1 nitrogen and oxygen atoms in total. The summed E-state index contributed by atoms with van der Waals surface area (Å²) in [4.78, 5) is 0. The van der Waals surface area contributed by atoms with E-state index in [-0.39, 0.29) is 0 Å². The minimum Gasteiger partial charge on any atom is -0.496 e. The highest BCUT2D eigenvalue weighted by atomic mass is 79.9. The lowest BCUT2D eigenvalue weighted by atomic mass is 10.2. The van der Waals surface area contributed by atoms with Crippen LogP contribution in [0.2, 0.25) is 0 Å². The van der Waals surface area contributed by atoms with E-state index in [0.717, 1.165) is 15.8 Å². The van der Waals surface area contributed by atoms with Crippen LogP contribution in [0.1, 0.15) is 5.56 Å². The van der Waals surface area contributed by atoms with Crippen LogP contribution in [-0.4, -0.2) is 7.11 Å². The van der Waals surface area contributed by atoms with Crippen LogP contribution >= 0.6 is 15.9 Å². The maximum atomic E-state index is 5.07. The number of hydrogen-bond donors (Lipinski definition) is 0. The van der Waals surface area contributed by atoms with Crippen LogP contribution in [0.15, 0.2) is 29.3 Å². The number of rotatable bonds is 2. The molecule has 1 aromatic carbocycles. The Morgan fingerprint density at radius 2 is 2.27 bits per heavy atom. The fraction of sp³-hybridized carbons (Fsp3) is 0.111. The first-order valence-electron chi connectivity index (χ1n) is 3.14. The Labute approximate surface area is 74.8 Å². The maximum Gasteiger partial charge on any atom is 0.126 e. The van der Waals surface area contributed by atoms with Crippen LogP contribution in [-0.2, 0) is 0 Å². The van der Waals surface area contributed by atoms with Gasteiger partial charge in [-0.2, -0.15) is 0 Å². The number of hydrogen-bond acceptors (Lipinski definition) is 1. The van der Waals surface area contributed by atoms with Gasteiger partial charge in [0.25, 0.3) is 0 Å². The van der Waals surface area contributed by atoms with Gasteiger partial charge in [-0.25, -0.2) is 0 Å². The molecule has 0 N–H and O–H groups in total. The predicted octanol–water partition coefficient (Wildman–Crippen LogP) is 2.79. The van der Waals surface area contributed by atoms with Crippen molar-refractivity contribution in [1.29, 1.82) is 0 Å². The van der Waals surface area contributed by atoms with Crippen molar-refractivity contribution in [3.63, 3.8) is 0 Å². The molecule has 0 bridgehead atoms. The van der Waals surface area contributed by atoms with E-state index in [0.29, 0.717) is 0 Å². The van der Waals surface area contributed by atoms with Crippen molar-refractivity contribution >= 4 is 15.9 Å². The zero-order valence-electron chi connectivity index (χ0n) is 6.23. The number of benzene rings is 1. The summed E-state index contributed by atoms with van der Waals surface area (Å²) in [5, 5.41) is 0. The van der Waals surface area contributed by atoms with Gasteiger partial charge < -0.3 is 4.74 Å². The van der Waals surface area contributed by atoms with Gasteiger partial charge in [0.15, 0.2) is 0 Å². The third-order valence-electron chi connectivity index (χ3n) is 1.35. The van der Waals surface area contributed by atoms with Gasteiger partial charge in [-0.3, -0.25) is 0 Å². The molecule has 57 valence electrons. The second-order valence-electron chi connectivity index (χ2n) is 2.02. The molecule has 0 heterocycles. The lowest BCUT2D eigenvalue weighted by Crippen LogP contribution is -1.86. The van der Waals surface area contributed by atoms with Crippen LogP contribution in [0.3, 0.4) is 0 Å². The van der Waals surface area contributed by atoms with Crippen molar-refractivity contribution in [2.75, 3.05) is 7.11 Å². The minimum atomic E-state index is 0.795. The molecule has 1 radical (unpaired) electrons. The first-order chi connectivity index (χ1) is 5.27. The Kier molecular flexibility index (Phi) is 2.71. The van der Waals surface area contributed by atoms with Crippen LogP contribution in [0.25, 0.3) is 0 Å². The molecule has 11 heavy (non-hydrogen) atoms. The summed E-state index contributed by atoms with van der Waals surface area (Å²) in [7, 11) is 1.63. The number of ether oxygens (including phenoxy) is 1. The van der Waals surface area contributed by atoms with Crippen molar-refractivity contribution < 1.29 is 4.74 Å². The molecule has 0 aromatic heterocycles. The molecule has 0 fully saturated rings. The largest absolute Gasteiger partial charge is 0.496 e. The summed E-state index contributed by atoms with van der Waals surface area (Å²) in [6.07, 6.45) is 2.78. The lowest BCUT2D eigenvalue weighted by molar-refractivity contribution is 0.413. The van der Waals surface area contributed by atoms with Crippen LogP contribution in [0.5, 0.6) is 5.75 Å². The molecule has 1 aromatic rings. The van der Waals surface area contributed by atoms with Gasteiger partial charge in [0, 0.05) is 10.0 Å². The second kappa shape index (κ2) is 3.58. The fourth-order valence-electron chi connectivity index (χ4n) is 0.818. The van der Waals surface area contributed by atoms with Crippen molar-refractivity contribution in [3.8, 4) is 5.75 Å². The summed E-state index contributed by atoms with van der Waals surface area (Å²) in [6, 6.07) is 5.70. The second-order valence-corrected chi connectivity index (χ2v) is 2.94. The summed E-state index contributed by atoms with van der Waals surface area (Å²) >= 11 is 3.34. The van der Waals surface area contributed by atoms with E-state index >= 15 is 0 Å². The van der Waals surface area contributed by atoms with E-state index in [4.69, 9.17) is 4.74 Å². The molecule has 0 aliphatic rings. The highest BCUT2D eigenvalue weighted by Crippen LogP contribution is 2.22. The fourth-order valence-corrected chi connectivity index (χ4v) is 1.18. The normalized spacial score (nSPS) is 9.27. The van der Waals surface area contributed by atoms with Crippen molar-refractivity contribution in [3.05, 3.63) is 40.9 Å². The molecule has 0 aliphatic heterocycles. The molecule has 0 amide bonds. The first kappa shape index (κ1) is 8.34. The first-order valence-corrected chi connectivity index (χ1v) is 3.94. The molecular weight excluding hydrogens is 204 g/mol. The van der Waals surface area contributed by atoms with Gasteiger partial charge in [0.1, 0.15) is 5.75 Å². The smallest absolute Gasteiger partial charge is 0.126 e. The third-order valence-corrected chi connectivity index (χ3v) is 1.85. The quantitative estimate of drug-likeness (QED) is 0.732. The standard InChI is InChI=1S/C9H8BrO/c1-3-7-6-8(10)4-5-9(7)11-2/h4-6H,1H2,2H3. The molecule has 0 aliphatic carbocycles. The van der Waals surface area contributed by atoms with Gasteiger partial charge in [-0.15, -0.1) is 0 Å². The molecule has 0 saturated heterocycles. The Morgan fingerprint density at radius 1 is 1.55 bits per heavy atom. The zero-order chi connectivity index (χ0) is 8.27. The molecular formula is C9H8BrO. The molecule has 1 rings (SSSR count). The predicted molar refractivity (Wildman–Crippen MR) is 48.7 cm³/mol. The van der Waals surface area contributed by atoms with Gasteiger partial charge in [0.2, 0.25) is 0 Å². The van der Waals surface area contributed by atoms with Crippen molar-refractivity contribution in [2.45, 2.75) is 0 Å². The Bertz CT molecular complexity index is 268. The summed E-state index contributed by atoms with van der Waals surface area (Å²) < 4.78 is 6.07. The zero-order valence-corrected chi connectivity index (χ0v) is 7.81. The summed E-state index contributed by atoms with van der Waals surface area (Å²) in [5.41, 5.74) is 0.877. The third kappa shape index (κ3) is 1.84. The lowest BCUT2D eigenvalue weighted by Gasteiger charge is -2.03. The Balaban J connectivity index is 3.16. The van der Waals surface area contributed by atoms with Gasteiger partial charge >= 0.3 is 0 Å².